The van der Waals surface area contributed by atoms with Crippen molar-refractivity contribution in [2.24, 2.45) is 5.10 Å². The first-order chi connectivity index (χ1) is 7.66. The summed E-state index contributed by atoms with van der Waals surface area (Å²) < 4.78 is 2.02. The quantitative estimate of drug-likeness (QED) is 0.660. The van der Waals surface area contributed by atoms with Crippen LogP contribution in [0.25, 0.3) is 0 Å². The smallest absolute Gasteiger partial charge is 0.216 e. The second kappa shape index (κ2) is 4.59. The fraction of sp³-hybridized carbons (Fsp3) is 0.100. The van der Waals surface area contributed by atoms with Crippen LogP contribution in [0.5, 0.6) is 0 Å². The van der Waals surface area contributed by atoms with Gasteiger partial charge in [-0.1, -0.05) is 23.7 Å². The maximum atomic E-state index is 5.86. The van der Waals surface area contributed by atoms with Gasteiger partial charge in [0.1, 0.15) is 5.82 Å². The minimum absolute atomic E-state index is 0.468. The highest BCUT2D eigenvalue weighted by atomic mass is 35.5. The number of aromatic amines is 1. The molecule has 82 valence electrons. The molecule has 6 heteroatoms. The van der Waals surface area contributed by atoms with E-state index in [0.29, 0.717) is 15.6 Å². The Morgan fingerprint density at radius 2 is 2.38 bits per heavy atom. The number of hydrogen-bond acceptors (Lipinski definition) is 3. The Bertz CT molecular complexity index is 585. The van der Waals surface area contributed by atoms with Gasteiger partial charge in [-0.25, -0.2) is 0 Å². The van der Waals surface area contributed by atoms with Crippen molar-refractivity contribution in [3.8, 4) is 0 Å². The zero-order chi connectivity index (χ0) is 11.5. The fourth-order valence-electron chi connectivity index (χ4n) is 1.22. The molecule has 0 unspecified atom stereocenters. The van der Waals surface area contributed by atoms with Crippen molar-refractivity contribution in [2.45, 2.75) is 6.92 Å². The van der Waals surface area contributed by atoms with E-state index < -0.39 is 0 Å². The molecule has 1 heterocycles. The predicted octanol–water partition coefficient (Wildman–Crippen LogP) is 2.78. The number of nitrogens with one attached hydrogen (secondary N) is 1. The Hall–Kier alpha value is -1.46. The summed E-state index contributed by atoms with van der Waals surface area (Å²) in [5.74, 6) is 0.711. The number of hydrogen-bond donors (Lipinski definition) is 1. The van der Waals surface area contributed by atoms with Gasteiger partial charge in [0.2, 0.25) is 4.77 Å². The van der Waals surface area contributed by atoms with E-state index in [-0.39, 0.29) is 0 Å². The zero-order valence-corrected chi connectivity index (χ0v) is 10.1. The van der Waals surface area contributed by atoms with E-state index in [1.165, 1.54) is 0 Å². The van der Waals surface area contributed by atoms with Gasteiger partial charge in [0.05, 0.1) is 6.21 Å². The number of halogens is 1. The first-order valence-corrected chi connectivity index (χ1v) is 5.39. The third kappa shape index (κ3) is 2.37. The summed E-state index contributed by atoms with van der Waals surface area (Å²) in [7, 11) is 0. The number of aromatic nitrogens is 3. The third-order valence-electron chi connectivity index (χ3n) is 1.98. The first kappa shape index (κ1) is 11.0. The minimum Gasteiger partial charge on any atom is -0.250 e. The van der Waals surface area contributed by atoms with Gasteiger partial charge in [-0.15, -0.1) is 0 Å². The number of H-pyrrole nitrogens is 1. The first-order valence-electron chi connectivity index (χ1n) is 4.61. The molecule has 0 saturated carbocycles. The SMILES string of the molecule is Cc1n[nH]c(=S)n1/N=C\c1cccc(Cl)c1. The second-order valence-electron chi connectivity index (χ2n) is 3.19. The van der Waals surface area contributed by atoms with Gasteiger partial charge >= 0.3 is 0 Å². The lowest BCUT2D eigenvalue weighted by Gasteiger charge is -1.95. The van der Waals surface area contributed by atoms with Crippen molar-refractivity contribution < 1.29 is 0 Å². The standard InChI is InChI=1S/C10H9ClN4S/c1-7-13-14-10(16)15(7)12-6-8-3-2-4-9(11)5-8/h2-6H,1H3,(H,14,16)/b12-6-. The summed E-state index contributed by atoms with van der Waals surface area (Å²) in [6, 6.07) is 7.41. The Balaban J connectivity index is 2.32. The molecule has 4 nitrogen and oxygen atoms in total. The van der Waals surface area contributed by atoms with Crippen LogP contribution in [0.15, 0.2) is 29.4 Å². The molecule has 0 aliphatic rings. The maximum Gasteiger partial charge on any atom is 0.216 e. The highest BCUT2D eigenvalue weighted by Gasteiger charge is 1.97. The Labute approximate surface area is 103 Å². The lowest BCUT2D eigenvalue weighted by molar-refractivity contribution is 0.821. The summed E-state index contributed by atoms with van der Waals surface area (Å²) in [5, 5.41) is 11.5. The number of nitrogens with zero attached hydrogens (tertiary/aromatic N) is 3. The largest absolute Gasteiger partial charge is 0.250 e. The van der Waals surface area contributed by atoms with Gasteiger partial charge < -0.3 is 0 Å². The van der Waals surface area contributed by atoms with Gasteiger partial charge in [-0.05, 0) is 36.8 Å². The van der Waals surface area contributed by atoms with E-state index in [1.807, 2.05) is 31.2 Å². The molecule has 0 radical (unpaired) electrons. The Morgan fingerprint density at radius 3 is 3.00 bits per heavy atom. The lowest BCUT2D eigenvalue weighted by atomic mass is 10.2. The van der Waals surface area contributed by atoms with Crippen LogP contribution in [-0.2, 0) is 0 Å². The summed E-state index contributed by atoms with van der Waals surface area (Å²) in [4.78, 5) is 0. The Kier molecular flexibility index (Phi) is 3.17. The number of benzene rings is 1. The van der Waals surface area contributed by atoms with Gasteiger partial charge in [0.15, 0.2) is 0 Å². The molecule has 0 aliphatic heterocycles. The van der Waals surface area contributed by atoms with Gasteiger partial charge in [0.25, 0.3) is 0 Å². The topological polar surface area (TPSA) is 46.0 Å². The minimum atomic E-state index is 0.468. The molecular formula is C10H9ClN4S. The van der Waals surface area contributed by atoms with Crippen molar-refractivity contribution in [3.05, 3.63) is 45.4 Å². The van der Waals surface area contributed by atoms with Gasteiger partial charge in [0, 0.05) is 5.02 Å². The van der Waals surface area contributed by atoms with Crippen LogP contribution < -0.4 is 0 Å². The molecule has 1 aromatic carbocycles. The molecule has 0 aliphatic carbocycles. The highest BCUT2D eigenvalue weighted by molar-refractivity contribution is 7.71. The van der Waals surface area contributed by atoms with E-state index in [4.69, 9.17) is 23.8 Å². The molecule has 0 atom stereocenters. The van der Waals surface area contributed by atoms with Crippen LogP contribution >= 0.6 is 23.8 Å². The van der Waals surface area contributed by atoms with E-state index in [1.54, 1.807) is 10.9 Å². The molecule has 16 heavy (non-hydrogen) atoms. The molecule has 0 saturated heterocycles. The van der Waals surface area contributed by atoms with E-state index in [9.17, 15) is 0 Å². The predicted molar refractivity (Wildman–Crippen MR) is 66.6 cm³/mol. The van der Waals surface area contributed by atoms with Crippen molar-refractivity contribution in [1.29, 1.82) is 0 Å². The highest BCUT2D eigenvalue weighted by Crippen LogP contribution is 2.09. The lowest BCUT2D eigenvalue weighted by Crippen LogP contribution is -1.93. The average molecular weight is 253 g/mol. The fourth-order valence-corrected chi connectivity index (χ4v) is 1.64. The van der Waals surface area contributed by atoms with Crippen LogP contribution in [0, 0.1) is 11.7 Å². The second-order valence-corrected chi connectivity index (χ2v) is 4.01. The van der Waals surface area contributed by atoms with Gasteiger partial charge in [-0.3, -0.25) is 5.10 Å². The van der Waals surface area contributed by atoms with E-state index in [0.717, 1.165) is 5.56 Å². The molecule has 1 N–H and O–H groups in total. The molecule has 0 fully saturated rings. The third-order valence-corrected chi connectivity index (χ3v) is 2.48. The summed E-state index contributed by atoms with van der Waals surface area (Å²) >= 11 is 10.9. The van der Waals surface area contributed by atoms with Crippen LogP contribution in [0.2, 0.25) is 5.02 Å². The normalized spacial score (nSPS) is 11.1. The monoisotopic (exact) mass is 252 g/mol. The molecule has 2 aromatic rings. The van der Waals surface area contributed by atoms with Crippen LogP contribution in [0.4, 0.5) is 0 Å². The maximum absolute atomic E-state index is 5.86. The molecule has 0 bridgehead atoms. The molecule has 1 aromatic heterocycles. The van der Waals surface area contributed by atoms with Crippen LogP contribution in [0.3, 0.4) is 0 Å². The van der Waals surface area contributed by atoms with Crippen molar-refractivity contribution in [1.82, 2.24) is 14.9 Å². The van der Waals surface area contributed by atoms with Crippen LogP contribution in [-0.4, -0.2) is 21.1 Å². The van der Waals surface area contributed by atoms with Crippen LogP contribution in [0.1, 0.15) is 11.4 Å². The Morgan fingerprint density at radius 1 is 1.56 bits per heavy atom. The van der Waals surface area contributed by atoms with Crippen molar-refractivity contribution in [2.75, 3.05) is 0 Å². The summed E-state index contributed by atoms with van der Waals surface area (Å²) in [5.41, 5.74) is 0.912. The molecule has 2 rings (SSSR count). The summed E-state index contributed by atoms with van der Waals surface area (Å²) in [6.45, 7) is 1.82. The molecular weight excluding hydrogens is 244 g/mol. The molecule has 0 amide bonds. The van der Waals surface area contributed by atoms with E-state index in [2.05, 4.69) is 15.3 Å². The zero-order valence-electron chi connectivity index (χ0n) is 8.51. The number of rotatable bonds is 2. The number of aryl methyl sites for hydroxylation is 1. The van der Waals surface area contributed by atoms with Crippen molar-refractivity contribution in [3.63, 3.8) is 0 Å². The average Bonchev–Trinajstić information content (AvgIpc) is 2.56. The van der Waals surface area contributed by atoms with Crippen molar-refractivity contribution >= 4 is 30.0 Å². The van der Waals surface area contributed by atoms with Gasteiger partial charge in [-0.2, -0.15) is 14.9 Å². The van der Waals surface area contributed by atoms with E-state index >= 15 is 0 Å². The molecule has 0 spiro atoms. The summed E-state index contributed by atoms with van der Waals surface area (Å²) in [6.07, 6.45) is 1.68.